The lowest BCUT2D eigenvalue weighted by Gasteiger charge is -1.97. The number of rotatable bonds is 4. The second-order valence-electron chi connectivity index (χ2n) is 2.72. The fourth-order valence-corrected chi connectivity index (χ4v) is 1.06. The van der Waals surface area contributed by atoms with Crippen molar-refractivity contribution in [2.75, 3.05) is 0 Å². The van der Waals surface area contributed by atoms with Crippen LogP contribution in [-0.2, 0) is 6.42 Å². The second kappa shape index (κ2) is 4.65. The molecule has 12 heavy (non-hydrogen) atoms. The summed E-state index contributed by atoms with van der Waals surface area (Å²) in [6.07, 6.45) is 4.10. The third kappa shape index (κ3) is 2.82. The van der Waals surface area contributed by atoms with Crippen LogP contribution in [0, 0.1) is 11.2 Å². The van der Waals surface area contributed by atoms with Crippen molar-refractivity contribution in [3.8, 4) is 0 Å². The van der Waals surface area contributed by atoms with Gasteiger partial charge in [-0.2, -0.15) is 0 Å². The second-order valence-corrected chi connectivity index (χ2v) is 2.72. The van der Waals surface area contributed by atoms with Gasteiger partial charge in [0.25, 0.3) is 0 Å². The fourth-order valence-electron chi connectivity index (χ4n) is 1.06. The van der Waals surface area contributed by atoms with Crippen LogP contribution in [0.25, 0.3) is 0 Å². The van der Waals surface area contributed by atoms with Gasteiger partial charge in [-0.1, -0.05) is 12.1 Å². The van der Waals surface area contributed by atoms with Crippen LogP contribution in [0.1, 0.15) is 18.4 Å². The Kier molecular flexibility index (Phi) is 3.45. The maximum Gasteiger partial charge on any atom is 0.123 e. The molecule has 0 unspecified atom stereocenters. The predicted octanol–water partition coefficient (Wildman–Crippen LogP) is 2.80. The normalized spacial score (nSPS) is 9.75. The summed E-state index contributed by atoms with van der Waals surface area (Å²) in [7, 11) is 0. The van der Waals surface area contributed by atoms with Crippen LogP contribution in [0.2, 0.25) is 0 Å². The number of benzene rings is 1. The number of nitrogens with one attached hydrogen (secondary N) is 1. The minimum atomic E-state index is -0.189. The van der Waals surface area contributed by atoms with E-state index in [0.717, 1.165) is 24.8 Å². The number of aryl methyl sites for hydroxylation is 1. The first-order valence-electron chi connectivity index (χ1n) is 4.06. The number of hydrogen-bond donors (Lipinski definition) is 1. The maximum absolute atomic E-state index is 12.4. The van der Waals surface area contributed by atoms with Gasteiger partial charge in [-0.25, -0.2) is 4.39 Å². The van der Waals surface area contributed by atoms with Crippen molar-refractivity contribution in [1.29, 1.82) is 5.41 Å². The maximum atomic E-state index is 12.4. The van der Waals surface area contributed by atoms with Gasteiger partial charge in [-0.15, -0.1) is 0 Å². The van der Waals surface area contributed by atoms with Crippen LogP contribution in [0.5, 0.6) is 0 Å². The van der Waals surface area contributed by atoms with E-state index >= 15 is 0 Å². The van der Waals surface area contributed by atoms with Gasteiger partial charge < -0.3 is 5.41 Å². The van der Waals surface area contributed by atoms with Crippen molar-refractivity contribution in [2.45, 2.75) is 19.3 Å². The van der Waals surface area contributed by atoms with E-state index in [-0.39, 0.29) is 5.82 Å². The Hall–Kier alpha value is -1.18. The summed E-state index contributed by atoms with van der Waals surface area (Å²) >= 11 is 0. The first kappa shape index (κ1) is 8.91. The van der Waals surface area contributed by atoms with E-state index in [9.17, 15) is 4.39 Å². The van der Waals surface area contributed by atoms with E-state index in [1.54, 1.807) is 12.1 Å². The Labute approximate surface area is 71.7 Å². The van der Waals surface area contributed by atoms with E-state index < -0.39 is 0 Å². The highest BCUT2D eigenvalue weighted by Gasteiger charge is 1.92. The van der Waals surface area contributed by atoms with Crippen molar-refractivity contribution < 1.29 is 4.39 Å². The van der Waals surface area contributed by atoms with Crippen molar-refractivity contribution in [3.63, 3.8) is 0 Å². The zero-order valence-electron chi connectivity index (χ0n) is 6.89. The average Bonchev–Trinajstić information content (AvgIpc) is 2.09. The molecule has 0 amide bonds. The SMILES string of the molecule is N=CCCCc1ccc(F)cc1. The van der Waals surface area contributed by atoms with Gasteiger partial charge >= 0.3 is 0 Å². The highest BCUT2D eigenvalue weighted by molar-refractivity contribution is 5.52. The smallest absolute Gasteiger partial charge is 0.123 e. The summed E-state index contributed by atoms with van der Waals surface area (Å²) in [6.45, 7) is 0. The van der Waals surface area contributed by atoms with Crippen molar-refractivity contribution in [1.82, 2.24) is 0 Å². The van der Waals surface area contributed by atoms with Gasteiger partial charge in [0, 0.05) is 0 Å². The third-order valence-corrected chi connectivity index (χ3v) is 1.73. The molecule has 0 aliphatic carbocycles. The Balaban J connectivity index is 2.42. The van der Waals surface area contributed by atoms with E-state index in [0.29, 0.717) is 0 Å². The van der Waals surface area contributed by atoms with Crippen LogP contribution >= 0.6 is 0 Å². The van der Waals surface area contributed by atoms with E-state index in [1.807, 2.05) is 0 Å². The molecule has 1 aromatic rings. The zero-order chi connectivity index (χ0) is 8.81. The highest BCUT2D eigenvalue weighted by atomic mass is 19.1. The fraction of sp³-hybridized carbons (Fsp3) is 0.300. The Morgan fingerprint density at radius 1 is 1.25 bits per heavy atom. The molecular weight excluding hydrogens is 153 g/mol. The number of hydrogen-bond acceptors (Lipinski definition) is 1. The van der Waals surface area contributed by atoms with Gasteiger partial charge in [-0.3, -0.25) is 0 Å². The summed E-state index contributed by atoms with van der Waals surface area (Å²) in [5.41, 5.74) is 1.14. The van der Waals surface area contributed by atoms with Crippen LogP contribution in [0.4, 0.5) is 4.39 Å². The minimum absolute atomic E-state index is 0.189. The molecule has 0 aliphatic rings. The van der Waals surface area contributed by atoms with Crippen LogP contribution in [0.3, 0.4) is 0 Å². The Morgan fingerprint density at radius 2 is 1.92 bits per heavy atom. The standard InChI is InChI=1S/C10H12FN/c11-10-6-4-9(5-7-10)3-1-2-8-12/h4-8,12H,1-3H2. The van der Waals surface area contributed by atoms with Gasteiger partial charge in [0.1, 0.15) is 5.82 Å². The average molecular weight is 165 g/mol. The number of unbranched alkanes of at least 4 members (excludes halogenated alkanes) is 1. The van der Waals surface area contributed by atoms with Gasteiger partial charge in [-0.05, 0) is 43.2 Å². The lowest BCUT2D eigenvalue weighted by atomic mass is 10.1. The van der Waals surface area contributed by atoms with E-state index in [1.165, 1.54) is 18.3 Å². The molecule has 2 heteroatoms. The molecule has 1 aromatic carbocycles. The Bertz CT molecular complexity index is 241. The molecule has 0 saturated carbocycles. The molecule has 1 rings (SSSR count). The summed E-state index contributed by atoms with van der Waals surface area (Å²) in [5.74, 6) is -0.189. The van der Waals surface area contributed by atoms with Crippen molar-refractivity contribution in [2.24, 2.45) is 0 Å². The van der Waals surface area contributed by atoms with Gasteiger partial charge in [0.05, 0.1) is 0 Å². The first-order valence-corrected chi connectivity index (χ1v) is 4.06. The number of halogens is 1. The summed E-state index contributed by atoms with van der Waals surface area (Å²) in [5, 5.41) is 6.82. The lowest BCUT2D eigenvalue weighted by Crippen LogP contribution is -1.85. The molecule has 0 aromatic heterocycles. The summed E-state index contributed by atoms with van der Waals surface area (Å²) < 4.78 is 12.4. The molecule has 0 aliphatic heterocycles. The molecule has 1 nitrogen and oxygen atoms in total. The Morgan fingerprint density at radius 3 is 2.50 bits per heavy atom. The molecular formula is C10H12FN. The third-order valence-electron chi connectivity index (χ3n) is 1.73. The van der Waals surface area contributed by atoms with Gasteiger partial charge in [0.15, 0.2) is 0 Å². The minimum Gasteiger partial charge on any atom is -0.313 e. The summed E-state index contributed by atoms with van der Waals surface area (Å²) in [4.78, 5) is 0. The van der Waals surface area contributed by atoms with Crippen LogP contribution in [-0.4, -0.2) is 6.21 Å². The molecule has 0 fully saturated rings. The predicted molar refractivity (Wildman–Crippen MR) is 48.1 cm³/mol. The van der Waals surface area contributed by atoms with Crippen LogP contribution < -0.4 is 0 Å². The first-order chi connectivity index (χ1) is 5.83. The van der Waals surface area contributed by atoms with E-state index in [4.69, 9.17) is 5.41 Å². The molecule has 64 valence electrons. The van der Waals surface area contributed by atoms with Crippen molar-refractivity contribution in [3.05, 3.63) is 35.6 Å². The summed E-state index contributed by atoms with van der Waals surface area (Å²) in [6, 6.07) is 6.53. The molecule has 0 heterocycles. The monoisotopic (exact) mass is 165 g/mol. The molecule has 0 radical (unpaired) electrons. The molecule has 0 spiro atoms. The molecule has 0 atom stereocenters. The molecule has 0 saturated heterocycles. The molecule has 0 bridgehead atoms. The lowest BCUT2D eigenvalue weighted by molar-refractivity contribution is 0.626. The van der Waals surface area contributed by atoms with Gasteiger partial charge in [0.2, 0.25) is 0 Å². The molecule has 1 N–H and O–H groups in total. The van der Waals surface area contributed by atoms with E-state index in [2.05, 4.69) is 0 Å². The van der Waals surface area contributed by atoms with Crippen molar-refractivity contribution >= 4 is 6.21 Å². The van der Waals surface area contributed by atoms with Crippen LogP contribution in [0.15, 0.2) is 24.3 Å². The quantitative estimate of drug-likeness (QED) is 0.524. The zero-order valence-corrected chi connectivity index (χ0v) is 6.89. The topological polar surface area (TPSA) is 23.9 Å². The largest absolute Gasteiger partial charge is 0.313 e. The highest BCUT2D eigenvalue weighted by Crippen LogP contribution is 2.05.